The number of hydrogen-bond acceptors (Lipinski definition) is 8. The maximum atomic E-state index is 12.6. The maximum absolute atomic E-state index is 12.6. The van der Waals surface area contributed by atoms with Gasteiger partial charge in [-0.15, -0.1) is 0 Å². The van der Waals surface area contributed by atoms with Gasteiger partial charge in [0.15, 0.2) is 0 Å². The monoisotopic (exact) mass is 458 g/mol. The predicted molar refractivity (Wildman–Crippen MR) is 123 cm³/mol. The molecular weight excluding hydrogens is 436 g/mol. The van der Waals surface area contributed by atoms with E-state index in [-0.39, 0.29) is 17.2 Å². The van der Waals surface area contributed by atoms with Crippen LogP contribution in [0.4, 0.5) is 0 Å². The fraction of sp³-hybridized carbons (Fsp3) is 0.154. The van der Waals surface area contributed by atoms with Gasteiger partial charge in [-0.05, 0) is 30.3 Å². The topological polar surface area (TPSA) is 113 Å². The van der Waals surface area contributed by atoms with Crippen LogP contribution in [0, 0.1) is 11.3 Å². The Balaban J connectivity index is 1.72. The molecule has 0 spiro atoms. The number of benzene rings is 3. The molecule has 1 aliphatic rings. The lowest BCUT2D eigenvalue weighted by molar-refractivity contribution is 0.0734. The quantitative estimate of drug-likeness (QED) is 0.433. The lowest BCUT2D eigenvalue weighted by Crippen LogP contribution is -2.21. The van der Waals surface area contributed by atoms with Gasteiger partial charge in [0.25, 0.3) is 0 Å². The van der Waals surface area contributed by atoms with Crippen LogP contribution in [0.15, 0.2) is 72.1 Å². The molecule has 172 valence electrons. The number of esters is 1. The number of hydrogen-bond donors (Lipinski definition) is 1. The molecule has 0 radical (unpaired) electrons. The number of methoxy groups -OCH3 is 3. The number of allylic oxidation sites excluding steroid dienone is 1. The van der Waals surface area contributed by atoms with Gasteiger partial charge in [0.2, 0.25) is 5.88 Å². The Labute approximate surface area is 196 Å². The van der Waals surface area contributed by atoms with Crippen molar-refractivity contribution in [2.75, 3.05) is 21.3 Å². The molecule has 1 aliphatic heterocycles. The third kappa shape index (κ3) is 4.19. The van der Waals surface area contributed by atoms with Crippen molar-refractivity contribution < 1.29 is 28.5 Å². The largest absolute Gasteiger partial charge is 0.497 e. The fourth-order valence-corrected chi connectivity index (χ4v) is 3.79. The first-order valence-corrected chi connectivity index (χ1v) is 10.3. The zero-order valence-corrected chi connectivity index (χ0v) is 18.8. The molecule has 0 saturated carbocycles. The van der Waals surface area contributed by atoms with Crippen molar-refractivity contribution in [1.82, 2.24) is 0 Å². The highest BCUT2D eigenvalue weighted by atomic mass is 16.5. The molecule has 3 aromatic rings. The summed E-state index contributed by atoms with van der Waals surface area (Å²) >= 11 is 0. The van der Waals surface area contributed by atoms with E-state index >= 15 is 0 Å². The summed E-state index contributed by atoms with van der Waals surface area (Å²) in [6.07, 6.45) is 0. The van der Waals surface area contributed by atoms with Crippen LogP contribution < -0.4 is 29.4 Å². The van der Waals surface area contributed by atoms with Crippen LogP contribution in [0.25, 0.3) is 0 Å². The number of nitriles is 1. The van der Waals surface area contributed by atoms with E-state index in [0.29, 0.717) is 39.7 Å². The predicted octanol–water partition coefficient (Wildman–Crippen LogP) is 4.15. The first-order chi connectivity index (χ1) is 16.5. The Morgan fingerprint density at radius 2 is 1.62 bits per heavy atom. The van der Waals surface area contributed by atoms with E-state index in [0.717, 1.165) is 0 Å². The lowest BCUT2D eigenvalue weighted by atomic mass is 9.83. The fourth-order valence-electron chi connectivity index (χ4n) is 3.79. The summed E-state index contributed by atoms with van der Waals surface area (Å²) in [6, 6.07) is 19.1. The van der Waals surface area contributed by atoms with Crippen molar-refractivity contribution in [2.45, 2.75) is 5.92 Å². The van der Waals surface area contributed by atoms with E-state index in [1.54, 1.807) is 68.8 Å². The number of carbonyl (C=O) groups excluding carboxylic acids is 1. The summed E-state index contributed by atoms with van der Waals surface area (Å²) in [7, 11) is 4.62. The third-order valence-corrected chi connectivity index (χ3v) is 5.46. The zero-order chi connectivity index (χ0) is 24.2. The van der Waals surface area contributed by atoms with Gasteiger partial charge < -0.3 is 29.4 Å². The number of ether oxygens (including phenoxy) is 5. The Bertz CT molecular complexity index is 1330. The Kier molecular flexibility index (Phi) is 6.28. The minimum absolute atomic E-state index is 0.0332. The van der Waals surface area contributed by atoms with Crippen molar-refractivity contribution in [3.8, 4) is 34.8 Å². The summed E-state index contributed by atoms with van der Waals surface area (Å²) in [5.74, 6) is 1.20. The van der Waals surface area contributed by atoms with Crippen molar-refractivity contribution in [3.05, 3.63) is 88.8 Å². The average molecular weight is 458 g/mol. The van der Waals surface area contributed by atoms with E-state index in [4.69, 9.17) is 29.4 Å². The van der Waals surface area contributed by atoms with Crippen LogP contribution in [-0.4, -0.2) is 27.3 Å². The molecule has 0 saturated heterocycles. The third-order valence-electron chi connectivity index (χ3n) is 5.46. The molecule has 8 heteroatoms. The minimum atomic E-state index is -0.552. The molecule has 0 amide bonds. The van der Waals surface area contributed by atoms with Crippen molar-refractivity contribution in [1.29, 1.82) is 5.26 Å². The van der Waals surface area contributed by atoms with Crippen LogP contribution in [0.2, 0.25) is 0 Å². The van der Waals surface area contributed by atoms with Crippen LogP contribution in [0.3, 0.4) is 0 Å². The van der Waals surface area contributed by atoms with Crippen LogP contribution in [-0.2, 0) is 0 Å². The molecule has 0 fully saturated rings. The highest BCUT2D eigenvalue weighted by Crippen LogP contribution is 2.46. The number of nitrogens with two attached hydrogens (primary N) is 1. The van der Waals surface area contributed by atoms with Gasteiger partial charge in [-0.1, -0.05) is 18.2 Å². The second-order valence-corrected chi connectivity index (χ2v) is 7.35. The number of fused-ring (bicyclic) bond motifs is 1. The molecule has 1 atom stereocenters. The molecule has 1 unspecified atom stereocenters. The van der Waals surface area contributed by atoms with Crippen molar-refractivity contribution in [3.63, 3.8) is 0 Å². The molecule has 0 bridgehead atoms. The van der Waals surface area contributed by atoms with E-state index in [2.05, 4.69) is 6.07 Å². The Morgan fingerprint density at radius 1 is 0.912 bits per heavy atom. The summed E-state index contributed by atoms with van der Waals surface area (Å²) in [5, 5.41) is 9.81. The first-order valence-electron chi connectivity index (χ1n) is 10.3. The number of carbonyl (C=O) groups is 1. The minimum Gasteiger partial charge on any atom is -0.497 e. The highest BCUT2D eigenvalue weighted by molar-refractivity contribution is 5.91. The Morgan fingerprint density at radius 3 is 2.32 bits per heavy atom. The van der Waals surface area contributed by atoms with Crippen molar-refractivity contribution in [2.24, 2.45) is 5.73 Å². The smallest absolute Gasteiger partial charge is 0.343 e. The summed E-state index contributed by atoms with van der Waals surface area (Å²) in [6.45, 7) is 0. The zero-order valence-electron chi connectivity index (χ0n) is 18.8. The molecule has 8 nitrogen and oxygen atoms in total. The lowest BCUT2D eigenvalue weighted by Gasteiger charge is -2.27. The summed E-state index contributed by atoms with van der Waals surface area (Å²) in [5.41, 5.74) is 8.08. The molecule has 4 rings (SSSR count). The van der Waals surface area contributed by atoms with E-state index in [1.807, 2.05) is 6.07 Å². The molecular formula is C26H22N2O6. The highest BCUT2D eigenvalue weighted by Gasteiger charge is 2.33. The Hall–Kier alpha value is -4.64. The van der Waals surface area contributed by atoms with Gasteiger partial charge in [0, 0.05) is 23.3 Å². The molecule has 1 heterocycles. The van der Waals surface area contributed by atoms with Gasteiger partial charge >= 0.3 is 5.97 Å². The normalized spacial score (nSPS) is 14.4. The maximum Gasteiger partial charge on any atom is 0.343 e. The van der Waals surface area contributed by atoms with E-state index < -0.39 is 11.9 Å². The van der Waals surface area contributed by atoms with Gasteiger partial charge in [0.05, 0.1) is 32.8 Å². The summed E-state index contributed by atoms with van der Waals surface area (Å²) in [4.78, 5) is 12.6. The van der Waals surface area contributed by atoms with Crippen LogP contribution in [0.5, 0.6) is 28.7 Å². The van der Waals surface area contributed by atoms with Gasteiger partial charge in [-0.3, -0.25) is 0 Å². The van der Waals surface area contributed by atoms with Gasteiger partial charge in [0.1, 0.15) is 40.4 Å². The number of rotatable bonds is 6. The molecule has 34 heavy (non-hydrogen) atoms. The average Bonchev–Trinajstić information content (AvgIpc) is 2.87. The van der Waals surface area contributed by atoms with E-state index in [9.17, 15) is 10.1 Å². The molecule has 0 aromatic heterocycles. The standard InChI is InChI=1S/C26H22N2O6/c1-30-16-6-4-5-15(11-16)26(29)33-18-8-10-20-23(13-18)34-25(28)21(14-27)24(20)19-9-7-17(31-2)12-22(19)32-3/h4-13,24H,28H2,1-3H3. The SMILES string of the molecule is COc1cccc(C(=O)Oc2ccc3c(c2)OC(N)=C(C#N)C3c2ccc(OC)cc2OC)c1. The van der Waals surface area contributed by atoms with Gasteiger partial charge in [-0.25, -0.2) is 4.79 Å². The van der Waals surface area contributed by atoms with Crippen molar-refractivity contribution >= 4 is 5.97 Å². The molecule has 3 aromatic carbocycles. The van der Waals surface area contributed by atoms with Gasteiger partial charge in [-0.2, -0.15) is 5.26 Å². The summed E-state index contributed by atoms with van der Waals surface area (Å²) < 4.78 is 27.3. The molecule has 2 N–H and O–H groups in total. The second kappa shape index (κ2) is 9.46. The van der Waals surface area contributed by atoms with Crippen LogP contribution >= 0.6 is 0 Å². The van der Waals surface area contributed by atoms with E-state index in [1.165, 1.54) is 7.11 Å². The first kappa shape index (κ1) is 22.6. The number of nitrogens with zero attached hydrogens (tertiary/aromatic N) is 1. The second-order valence-electron chi connectivity index (χ2n) is 7.35. The van der Waals surface area contributed by atoms with Crippen LogP contribution in [0.1, 0.15) is 27.4 Å². The molecule has 0 aliphatic carbocycles.